The first-order valence-electron chi connectivity index (χ1n) is 9.36. The van der Waals surface area contributed by atoms with Crippen LogP contribution in [0.25, 0.3) is 22.2 Å². The minimum atomic E-state index is -0.0240. The van der Waals surface area contributed by atoms with E-state index in [0.717, 1.165) is 34.0 Å². The van der Waals surface area contributed by atoms with Crippen molar-refractivity contribution in [1.82, 2.24) is 29.9 Å². The monoisotopic (exact) mass is 389 g/mol. The third kappa shape index (κ3) is 3.59. The van der Waals surface area contributed by atoms with Crippen LogP contribution in [-0.4, -0.2) is 29.9 Å². The molecule has 1 atom stereocenters. The predicted molar refractivity (Wildman–Crippen MR) is 113 cm³/mol. The van der Waals surface area contributed by atoms with Gasteiger partial charge in [-0.3, -0.25) is 0 Å². The summed E-state index contributed by atoms with van der Waals surface area (Å²) in [7, 11) is 1.81. The molecule has 0 radical (unpaired) electrons. The summed E-state index contributed by atoms with van der Waals surface area (Å²) in [6, 6.07) is 5.81. The zero-order valence-electron chi connectivity index (χ0n) is 16.6. The van der Waals surface area contributed by atoms with Crippen LogP contribution in [0.1, 0.15) is 30.5 Å². The summed E-state index contributed by atoms with van der Waals surface area (Å²) in [5, 5.41) is 12.8. The van der Waals surface area contributed by atoms with E-state index in [-0.39, 0.29) is 6.04 Å². The van der Waals surface area contributed by atoms with Crippen LogP contribution in [-0.2, 0) is 7.05 Å². The van der Waals surface area contributed by atoms with Crippen LogP contribution in [0, 0.1) is 6.92 Å². The zero-order valence-corrected chi connectivity index (χ0v) is 16.6. The first-order valence-corrected chi connectivity index (χ1v) is 9.36. The van der Waals surface area contributed by atoms with Gasteiger partial charge in [0.15, 0.2) is 0 Å². The lowest BCUT2D eigenvalue weighted by Crippen LogP contribution is -2.11. The maximum absolute atomic E-state index is 6.22. The average molecular weight is 389 g/mol. The molecule has 0 amide bonds. The molecule has 9 nitrogen and oxygen atoms in total. The van der Waals surface area contributed by atoms with Crippen LogP contribution in [0.2, 0.25) is 0 Å². The number of nitrogen functional groups attached to an aromatic ring is 1. The van der Waals surface area contributed by atoms with E-state index in [2.05, 4.69) is 37.5 Å². The van der Waals surface area contributed by atoms with Crippen molar-refractivity contribution in [3.63, 3.8) is 0 Å². The lowest BCUT2D eigenvalue weighted by atomic mass is 10.0. The lowest BCUT2D eigenvalue weighted by molar-refractivity contribution is 0.693. The minimum Gasteiger partial charge on any atom is -0.383 e. The number of aromatic nitrogens is 6. The second kappa shape index (κ2) is 7.44. The van der Waals surface area contributed by atoms with Gasteiger partial charge in [-0.15, -0.1) is 5.10 Å². The standard InChI is InChI=1S/C20H23N9/c1-4-15(21)13-7-19(23-8-11(13)2)27-18-6-12-5-16(17-10-25-28-29(17)3)26-20(22)14(12)9-24-18/h5-10,15H,4,21H2,1-3H3,(H2,22,26)(H,23,24,27)/t15-/m0/s1. The highest BCUT2D eigenvalue weighted by molar-refractivity contribution is 5.94. The Kier molecular flexibility index (Phi) is 4.81. The molecule has 4 heterocycles. The molecule has 0 aliphatic carbocycles. The van der Waals surface area contributed by atoms with Crippen molar-refractivity contribution in [1.29, 1.82) is 0 Å². The van der Waals surface area contributed by atoms with Gasteiger partial charge < -0.3 is 16.8 Å². The van der Waals surface area contributed by atoms with E-state index in [1.165, 1.54) is 0 Å². The normalized spacial score (nSPS) is 12.3. The molecule has 4 aromatic rings. The lowest BCUT2D eigenvalue weighted by Gasteiger charge is -2.14. The first kappa shape index (κ1) is 18.8. The van der Waals surface area contributed by atoms with E-state index < -0.39 is 0 Å². The van der Waals surface area contributed by atoms with Crippen molar-refractivity contribution < 1.29 is 0 Å². The van der Waals surface area contributed by atoms with Gasteiger partial charge in [0.1, 0.15) is 23.1 Å². The number of pyridine rings is 3. The number of nitrogens with zero attached hydrogens (tertiary/aromatic N) is 6. The summed E-state index contributed by atoms with van der Waals surface area (Å²) in [6.07, 6.45) is 6.04. The maximum atomic E-state index is 6.22. The van der Waals surface area contributed by atoms with Crippen LogP contribution < -0.4 is 16.8 Å². The van der Waals surface area contributed by atoms with Crippen molar-refractivity contribution in [3.8, 4) is 11.4 Å². The van der Waals surface area contributed by atoms with Gasteiger partial charge in [0, 0.05) is 30.9 Å². The average Bonchev–Trinajstić information content (AvgIpc) is 3.14. The Morgan fingerprint density at radius 3 is 2.59 bits per heavy atom. The summed E-state index contributed by atoms with van der Waals surface area (Å²) in [4.78, 5) is 13.4. The molecular weight excluding hydrogens is 366 g/mol. The number of nitrogens with one attached hydrogen (secondary N) is 1. The molecule has 0 unspecified atom stereocenters. The maximum Gasteiger partial charge on any atom is 0.133 e. The second-order valence-corrected chi connectivity index (χ2v) is 6.99. The number of hydrogen-bond donors (Lipinski definition) is 3. The number of rotatable bonds is 5. The molecule has 0 aliphatic heterocycles. The van der Waals surface area contributed by atoms with Gasteiger partial charge in [0.05, 0.1) is 11.9 Å². The van der Waals surface area contributed by atoms with E-state index >= 15 is 0 Å². The summed E-state index contributed by atoms with van der Waals surface area (Å²) in [5.41, 5.74) is 16.0. The number of hydrogen-bond acceptors (Lipinski definition) is 8. The molecule has 5 N–H and O–H groups in total. The van der Waals surface area contributed by atoms with E-state index in [4.69, 9.17) is 11.5 Å². The molecule has 0 bridgehead atoms. The number of aryl methyl sites for hydroxylation is 2. The fraction of sp³-hybridized carbons (Fsp3) is 0.250. The van der Waals surface area contributed by atoms with Gasteiger partial charge in [-0.2, -0.15) is 0 Å². The molecule has 4 aromatic heterocycles. The van der Waals surface area contributed by atoms with Crippen molar-refractivity contribution in [2.24, 2.45) is 12.8 Å². The molecular formula is C20H23N9. The Morgan fingerprint density at radius 1 is 1.10 bits per heavy atom. The van der Waals surface area contributed by atoms with Crippen molar-refractivity contribution in [2.75, 3.05) is 11.1 Å². The molecule has 0 fully saturated rings. The molecule has 0 saturated carbocycles. The fourth-order valence-electron chi connectivity index (χ4n) is 3.25. The predicted octanol–water partition coefficient (Wildman–Crippen LogP) is 2.86. The third-order valence-electron chi connectivity index (χ3n) is 4.96. The van der Waals surface area contributed by atoms with Gasteiger partial charge in [-0.05, 0) is 48.1 Å². The molecule has 0 aromatic carbocycles. The second-order valence-electron chi connectivity index (χ2n) is 6.99. The quantitative estimate of drug-likeness (QED) is 0.474. The van der Waals surface area contributed by atoms with Gasteiger partial charge in [0.2, 0.25) is 0 Å². The summed E-state index contributed by atoms with van der Waals surface area (Å²) >= 11 is 0. The molecule has 9 heteroatoms. The minimum absolute atomic E-state index is 0.0240. The van der Waals surface area contributed by atoms with Gasteiger partial charge in [-0.25, -0.2) is 19.6 Å². The molecule has 0 spiro atoms. The van der Waals surface area contributed by atoms with Gasteiger partial charge >= 0.3 is 0 Å². The fourth-order valence-corrected chi connectivity index (χ4v) is 3.25. The number of anilines is 3. The molecule has 148 valence electrons. The number of fused-ring (bicyclic) bond motifs is 1. The zero-order chi connectivity index (χ0) is 20.5. The first-order chi connectivity index (χ1) is 14.0. The van der Waals surface area contributed by atoms with Gasteiger partial charge in [-0.1, -0.05) is 12.1 Å². The topological polar surface area (TPSA) is 133 Å². The van der Waals surface area contributed by atoms with E-state index in [0.29, 0.717) is 23.1 Å². The van der Waals surface area contributed by atoms with E-state index in [1.54, 1.807) is 17.1 Å². The Hall–Kier alpha value is -3.59. The van der Waals surface area contributed by atoms with E-state index in [1.807, 2.05) is 38.4 Å². The molecule has 4 rings (SSSR count). The van der Waals surface area contributed by atoms with Crippen LogP contribution in [0.5, 0.6) is 0 Å². The highest BCUT2D eigenvalue weighted by Crippen LogP contribution is 2.28. The van der Waals surface area contributed by atoms with Crippen LogP contribution in [0.4, 0.5) is 17.5 Å². The SMILES string of the molecule is CC[C@H](N)c1cc(Nc2cc3cc(-c4cnnn4C)nc(N)c3cn2)ncc1C. The van der Waals surface area contributed by atoms with Crippen LogP contribution in [0.3, 0.4) is 0 Å². The van der Waals surface area contributed by atoms with Crippen molar-refractivity contribution in [3.05, 3.63) is 47.9 Å². The molecule has 0 saturated heterocycles. The largest absolute Gasteiger partial charge is 0.383 e. The Labute approximate surface area is 168 Å². The summed E-state index contributed by atoms with van der Waals surface area (Å²) < 4.78 is 1.66. The third-order valence-corrected chi connectivity index (χ3v) is 4.96. The van der Waals surface area contributed by atoms with Crippen molar-refractivity contribution >= 4 is 28.2 Å². The Balaban J connectivity index is 1.71. The smallest absolute Gasteiger partial charge is 0.133 e. The van der Waals surface area contributed by atoms with E-state index in [9.17, 15) is 0 Å². The Bertz CT molecular complexity index is 1180. The van der Waals surface area contributed by atoms with Crippen LogP contribution in [0.15, 0.2) is 36.8 Å². The summed E-state index contributed by atoms with van der Waals surface area (Å²) in [6.45, 7) is 4.08. The highest BCUT2D eigenvalue weighted by Gasteiger charge is 2.12. The van der Waals surface area contributed by atoms with Gasteiger partial charge in [0.25, 0.3) is 0 Å². The Morgan fingerprint density at radius 2 is 1.86 bits per heavy atom. The molecule has 29 heavy (non-hydrogen) atoms. The highest BCUT2D eigenvalue weighted by atomic mass is 15.4. The summed E-state index contributed by atoms with van der Waals surface area (Å²) in [5.74, 6) is 1.76. The van der Waals surface area contributed by atoms with Crippen molar-refractivity contribution in [2.45, 2.75) is 26.3 Å². The number of nitrogens with two attached hydrogens (primary N) is 2. The molecule has 0 aliphatic rings. The van der Waals surface area contributed by atoms with Crippen LogP contribution >= 0.6 is 0 Å².